The lowest BCUT2D eigenvalue weighted by Crippen LogP contribution is -2.36. The van der Waals surface area contributed by atoms with E-state index in [2.05, 4.69) is 49.2 Å². The molecule has 1 heterocycles. The molecule has 0 radical (unpaired) electrons. The fourth-order valence-electron chi connectivity index (χ4n) is 2.96. The van der Waals surface area contributed by atoms with Crippen LogP contribution in [-0.4, -0.2) is 43.2 Å². The van der Waals surface area contributed by atoms with Gasteiger partial charge in [0.2, 0.25) is 0 Å². The number of hydrogen-bond donors (Lipinski definition) is 1. The van der Waals surface area contributed by atoms with Crippen LogP contribution in [0, 0.1) is 0 Å². The Hall–Kier alpha value is -1.06. The van der Waals surface area contributed by atoms with E-state index in [1.165, 1.54) is 24.9 Å². The van der Waals surface area contributed by atoms with E-state index < -0.39 is 0 Å². The number of rotatable bonds is 9. The number of para-hydroxylation sites is 1. The summed E-state index contributed by atoms with van der Waals surface area (Å²) >= 11 is 0. The number of benzene rings is 1. The summed E-state index contributed by atoms with van der Waals surface area (Å²) in [6.07, 6.45) is 3.83. The Morgan fingerprint density at radius 2 is 2.05 bits per heavy atom. The number of hydrogen-bond acceptors (Lipinski definition) is 3. The van der Waals surface area contributed by atoms with E-state index in [0.29, 0.717) is 12.1 Å². The van der Waals surface area contributed by atoms with Gasteiger partial charge in [-0.2, -0.15) is 0 Å². The van der Waals surface area contributed by atoms with Crippen LogP contribution in [-0.2, 0) is 6.42 Å². The molecule has 0 saturated carbocycles. The van der Waals surface area contributed by atoms with Gasteiger partial charge in [0.05, 0.1) is 0 Å². The van der Waals surface area contributed by atoms with Gasteiger partial charge in [0.1, 0.15) is 11.9 Å². The maximum Gasteiger partial charge on any atom is 0.123 e. The fourth-order valence-corrected chi connectivity index (χ4v) is 2.96. The van der Waals surface area contributed by atoms with Crippen molar-refractivity contribution in [2.45, 2.75) is 52.2 Å². The van der Waals surface area contributed by atoms with Crippen molar-refractivity contribution in [2.75, 3.05) is 26.2 Å². The maximum absolute atomic E-state index is 5.96. The average molecular weight is 290 g/mol. The molecule has 0 bridgehead atoms. The molecule has 2 atom stereocenters. The Morgan fingerprint density at radius 1 is 1.29 bits per heavy atom. The van der Waals surface area contributed by atoms with E-state index in [0.717, 1.165) is 31.8 Å². The summed E-state index contributed by atoms with van der Waals surface area (Å²) in [5.41, 5.74) is 1.35. The summed E-state index contributed by atoms with van der Waals surface area (Å²) in [7, 11) is 0. The molecule has 0 fully saturated rings. The van der Waals surface area contributed by atoms with Gasteiger partial charge in [-0.1, -0.05) is 32.0 Å². The highest BCUT2D eigenvalue weighted by Crippen LogP contribution is 2.27. The van der Waals surface area contributed by atoms with Crippen molar-refractivity contribution in [3.8, 4) is 5.75 Å². The van der Waals surface area contributed by atoms with E-state index in [1.54, 1.807) is 0 Å². The van der Waals surface area contributed by atoms with Crippen molar-refractivity contribution in [1.82, 2.24) is 10.2 Å². The molecule has 0 spiro atoms. The first-order valence-electron chi connectivity index (χ1n) is 8.43. The molecule has 1 aromatic carbocycles. The first-order chi connectivity index (χ1) is 10.2. The molecular formula is C18H30N2O. The van der Waals surface area contributed by atoms with Gasteiger partial charge >= 0.3 is 0 Å². The predicted molar refractivity (Wildman–Crippen MR) is 89.0 cm³/mol. The third-order valence-corrected chi connectivity index (χ3v) is 4.41. The number of nitrogens with zero attached hydrogens (tertiary/aromatic N) is 1. The standard InChI is InChI=1S/C18H30N2O/c1-4-20(5-2)12-8-9-15(3)19-14-17-13-16-10-6-7-11-18(16)21-17/h6-7,10-11,15,17,19H,4-5,8-9,12-14H2,1-3H3. The number of fused-ring (bicyclic) bond motifs is 1. The Balaban J connectivity index is 1.61. The van der Waals surface area contributed by atoms with Crippen LogP contribution in [0.15, 0.2) is 24.3 Å². The lowest BCUT2D eigenvalue weighted by Gasteiger charge is -2.20. The van der Waals surface area contributed by atoms with Gasteiger partial charge in [-0.05, 0) is 51.0 Å². The molecule has 118 valence electrons. The Kier molecular flexibility index (Phi) is 6.52. The normalized spacial score (nSPS) is 18.6. The third kappa shape index (κ3) is 5.01. The van der Waals surface area contributed by atoms with Crippen LogP contribution in [0.5, 0.6) is 5.75 Å². The van der Waals surface area contributed by atoms with Crippen LogP contribution >= 0.6 is 0 Å². The predicted octanol–water partition coefficient (Wildman–Crippen LogP) is 3.09. The molecular weight excluding hydrogens is 260 g/mol. The molecule has 21 heavy (non-hydrogen) atoms. The second-order valence-electron chi connectivity index (χ2n) is 6.03. The molecule has 3 nitrogen and oxygen atoms in total. The molecule has 2 unspecified atom stereocenters. The van der Waals surface area contributed by atoms with Crippen LogP contribution in [0.4, 0.5) is 0 Å². The molecule has 0 aliphatic carbocycles. The summed E-state index contributed by atoms with van der Waals surface area (Å²) in [5, 5.41) is 3.63. The molecule has 2 rings (SSSR count). The highest BCUT2D eigenvalue weighted by molar-refractivity contribution is 5.37. The summed E-state index contributed by atoms with van der Waals surface area (Å²) in [6.45, 7) is 11.2. The summed E-state index contributed by atoms with van der Waals surface area (Å²) in [6, 6.07) is 8.94. The lowest BCUT2D eigenvalue weighted by molar-refractivity contribution is 0.219. The van der Waals surface area contributed by atoms with Gasteiger partial charge in [0.15, 0.2) is 0 Å². The number of ether oxygens (including phenoxy) is 1. The molecule has 0 saturated heterocycles. The zero-order valence-electron chi connectivity index (χ0n) is 13.8. The van der Waals surface area contributed by atoms with Crippen molar-refractivity contribution in [1.29, 1.82) is 0 Å². The van der Waals surface area contributed by atoms with Gasteiger partial charge in [-0.25, -0.2) is 0 Å². The molecule has 0 amide bonds. The van der Waals surface area contributed by atoms with Crippen LogP contribution < -0.4 is 10.1 Å². The first kappa shape index (κ1) is 16.3. The van der Waals surface area contributed by atoms with E-state index in [-0.39, 0.29) is 0 Å². The summed E-state index contributed by atoms with van der Waals surface area (Å²) in [4.78, 5) is 2.49. The summed E-state index contributed by atoms with van der Waals surface area (Å²) in [5.74, 6) is 1.07. The highest BCUT2D eigenvalue weighted by atomic mass is 16.5. The minimum Gasteiger partial charge on any atom is -0.488 e. The second-order valence-corrected chi connectivity index (χ2v) is 6.03. The molecule has 1 aliphatic rings. The van der Waals surface area contributed by atoms with Gasteiger partial charge in [-0.3, -0.25) is 0 Å². The minimum atomic E-state index is 0.299. The van der Waals surface area contributed by atoms with Crippen LogP contribution in [0.3, 0.4) is 0 Å². The van der Waals surface area contributed by atoms with E-state index >= 15 is 0 Å². The lowest BCUT2D eigenvalue weighted by atomic mass is 10.1. The Labute approximate surface area is 129 Å². The van der Waals surface area contributed by atoms with Gasteiger partial charge in [0.25, 0.3) is 0 Å². The quantitative estimate of drug-likeness (QED) is 0.756. The van der Waals surface area contributed by atoms with Crippen molar-refractivity contribution in [3.05, 3.63) is 29.8 Å². The summed E-state index contributed by atoms with van der Waals surface area (Å²) < 4.78 is 5.96. The topological polar surface area (TPSA) is 24.5 Å². The SMILES string of the molecule is CCN(CC)CCCC(C)NCC1Cc2ccccc2O1. The third-order valence-electron chi connectivity index (χ3n) is 4.41. The largest absolute Gasteiger partial charge is 0.488 e. The van der Waals surface area contributed by atoms with Crippen molar-refractivity contribution >= 4 is 0 Å². The van der Waals surface area contributed by atoms with Crippen molar-refractivity contribution in [2.24, 2.45) is 0 Å². The monoisotopic (exact) mass is 290 g/mol. The Bertz CT molecular complexity index is 392. The van der Waals surface area contributed by atoms with Crippen LogP contribution in [0.25, 0.3) is 0 Å². The smallest absolute Gasteiger partial charge is 0.123 e. The molecule has 1 aliphatic heterocycles. The fraction of sp³-hybridized carbons (Fsp3) is 0.667. The first-order valence-corrected chi connectivity index (χ1v) is 8.43. The van der Waals surface area contributed by atoms with Crippen molar-refractivity contribution < 1.29 is 4.74 Å². The van der Waals surface area contributed by atoms with Gasteiger partial charge in [-0.15, -0.1) is 0 Å². The van der Waals surface area contributed by atoms with Crippen molar-refractivity contribution in [3.63, 3.8) is 0 Å². The number of nitrogens with one attached hydrogen (secondary N) is 1. The zero-order chi connectivity index (χ0) is 15.1. The van der Waals surface area contributed by atoms with Crippen LogP contribution in [0.1, 0.15) is 39.2 Å². The van der Waals surface area contributed by atoms with E-state index in [1.807, 2.05) is 6.07 Å². The van der Waals surface area contributed by atoms with Gasteiger partial charge < -0.3 is 15.0 Å². The highest BCUT2D eigenvalue weighted by Gasteiger charge is 2.22. The van der Waals surface area contributed by atoms with Crippen LogP contribution in [0.2, 0.25) is 0 Å². The molecule has 0 aromatic heterocycles. The van der Waals surface area contributed by atoms with Gasteiger partial charge in [0, 0.05) is 19.0 Å². The van der Waals surface area contributed by atoms with E-state index in [4.69, 9.17) is 4.74 Å². The maximum atomic E-state index is 5.96. The Morgan fingerprint density at radius 3 is 2.76 bits per heavy atom. The second kappa shape index (κ2) is 8.40. The minimum absolute atomic E-state index is 0.299. The molecule has 1 aromatic rings. The van der Waals surface area contributed by atoms with E-state index in [9.17, 15) is 0 Å². The average Bonchev–Trinajstić information content (AvgIpc) is 2.92. The zero-order valence-corrected chi connectivity index (χ0v) is 13.8. The molecule has 1 N–H and O–H groups in total. The molecule has 3 heteroatoms.